The summed E-state index contributed by atoms with van der Waals surface area (Å²) < 4.78 is 1.58. The van der Waals surface area contributed by atoms with Gasteiger partial charge in [-0.25, -0.2) is 4.68 Å². The lowest BCUT2D eigenvalue weighted by atomic mass is 10.1. The van der Waals surface area contributed by atoms with Crippen molar-refractivity contribution in [2.24, 2.45) is 0 Å². The first kappa shape index (κ1) is 13.2. The topological polar surface area (TPSA) is 80.1 Å². The van der Waals surface area contributed by atoms with Crippen molar-refractivity contribution in [2.75, 3.05) is 19.6 Å². The summed E-state index contributed by atoms with van der Waals surface area (Å²) in [5.74, 6) is -0.488. The fourth-order valence-corrected chi connectivity index (χ4v) is 2.79. The SMILES string of the molecule is O=C1CCC(n2cc(CCN3CCCC3)nn2)C(=O)N1. The molecule has 2 saturated heterocycles. The Labute approximate surface area is 117 Å². The van der Waals surface area contributed by atoms with Crippen LogP contribution >= 0.6 is 0 Å². The van der Waals surface area contributed by atoms with E-state index in [0.29, 0.717) is 12.8 Å². The molecule has 0 radical (unpaired) electrons. The fraction of sp³-hybridized carbons (Fsp3) is 0.692. The number of amides is 2. The molecule has 2 aliphatic rings. The summed E-state index contributed by atoms with van der Waals surface area (Å²) in [5.41, 5.74) is 0.904. The second-order valence-corrected chi connectivity index (χ2v) is 5.46. The summed E-state index contributed by atoms with van der Waals surface area (Å²) in [6.45, 7) is 3.33. The van der Waals surface area contributed by atoms with Crippen LogP contribution in [-0.2, 0) is 16.0 Å². The first-order valence-corrected chi connectivity index (χ1v) is 7.19. The minimum Gasteiger partial charge on any atom is -0.303 e. The van der Waals surface area contributed by atoms with Crippen LogP contribution in [0.2, 0.25) is 0 Å². The van der Waals surface area contributed by atoms with Crippen LogP contribution in [0.1, 0.15) is 37.4 Å². The first-order chi connectivity index (χ1) is 9.72. The first-order valence-electron chi connectivity index (χ1n) is 7.19. The molecule has 0 aromatic carbocycles. The van der Waals surface area contributed by atoms with Crippen molar-refractivity contribution in [3.8, 4) is 0 Å². The Balaban J connectivity index is 1.58. The number of rotatable bonds is 4. The number of hydrogen-bond donors (Lipinski definition) is 1. The highest BCUT2D eigenvalue weighted by atomic mass is 16.2. The molecule has 7 heteroatoms. The van der Waals surface area contributed by atoms with Crippen molar-refractivity contribution in [3.05, 3.63) is 11.9 Å². The van der Waals surface area contributed by atoms with Gasteiger partial charge >= 0.3 is 0 Å². The summed E-state index contributed by atoms with van der Waals surface area (Å²) in [6, 6.07) is -0.402. The molecule has 3 rings (SSSR count). The number of imide groups is 1. The zero-order valence-corrected chi connectivity index (χ0v) is 11.4. The van der Waals surface area contributed by atoms with Gasteiger partial charge in [0.25, 0.3) is 5.91 Å². The Hall–Kier alpha value is -1.76. The lowest BCUT2D eigenvalue weighted by Crippen LogP contribution is -2.41. The third kappa shape index (κ3) is 2.87. The van der Waals surface area contributed by atoms with E-state index in [0.717, 1.165) is 18.7 Å². The molecule has 1 aromatic heterocycles. The van der Waals surface area contributed by atoms with Crippen LogP contribution < -0.4 is 5.32 Å². The summed E-state index contributed by atoms with van der Waals surface area (Å²) in [7, 11) is 0. The lowest BCUT2D eigenvalue weighted by molar-refractivity contribution is -0.136. The van der Waals surface area contributed by atoms with Crippen LogP contribution in [0.5, 0.6) is 0 Å². The molecule has 0 aliphatic carbocycles. The zero-order valence-electron chi connectivity index (χ0n) is 11.4. The molecule has 20 heavy (non-hydrogen) atoms. The number of aromatic nitrogens is 3. The number of piperidine rings is 1. The minimum absolute atomic E-state index is 0.208. The molecule has 1 atom stereocenters. The van der Waals surface area contributed by atoms with Gasteiger partial charge in [-0.3, -0.25) is 14.9 Å². The van der Waals surface area contributed by atoms with Gasteiger partial charge < -0.3 is 4.90 Å². The highest BCUT2D eigenvalue weighted by molar-refractivity contribution is 5.99. The quantitative estimate of drug-likeness (QED) is 0.777. The van der Waals surface area contributed by atoms with E-state index in [1.165, 1.54) is 25.9 Å². The molecule has 7 nitrogen and oxygen atoms in total. The van der Waals surface area contributed by atoms with Gasteiger partial charge in [-0.15, -0.1) is 5.10 Å². The van der Waals surface area contributed by atoms with Gasteiger partial charge in [-0.05, 0) is 32.4 Å². The number of nitrogens with one attached hydrogen (secondary N) is 1. The third-order valence-electron chi connectivity index (χ3n) is 3.97. The number of carbonyl (C=O) groups excluding carboxylic acids is 2. The van der Waals surface area contributed by atoms with E-state index in [2.05, 4.69) is 20.5 Å². The molecule has 2 amide bonds. The highest BCUT2D eigenvalue weighted by Gasteiger charge is 2.28. The molecular weight excluding hydrogens is 258 g/mol. The van der Waals surface area contributed by atoms with Gasteiger partial charge in [-0.1, -0.05) is 5.21 Å². The van der Waals surface area contributed by atoms with Crippen LogP contribution in [-0.4, -0.2) is 51.3 Å². The monoisotopic (exact) mass is 277 g/mol. The van der Waals surface area contributed by atoms with Crippen LogP contribution in [0.15, 0.2) is 6.20 Å². The van der Waals surface area contributed by atoms with Crippen LogP contribution in [0.25, 0.3) is 0 Å². The lowest BCUT2D eigenvalue weighted by Gasteiger charge is -2.20. The molecule has 0 saturated carbocycles. The summed E-state index contributed by atoms with van der Waals surface area (Å²) in [4.78, 5) is 25.3. The second-order valence-electron chi connectivity index (χ2n) is 5.46. The van der Waals surface area contributed by atoms with E-state index in [1.54, 1.807) is 4.68 Å². The zero-order chi connectivity index (χ0) is 13.9. The van der Waals surface area contributed by atoms with Gasteiger partial charge in [0.05, 0.1) is 5.69 Å². The number of nitrogens with zero attached hydrogens (tertiary/aromatic N) is 4. The van der Waals surface area contributed by atoms with E-state index in [-0.39, 0.29) is 11.8 Å². The number of hydrogen-bond acceptors (Lipinski definition) is 5. The Morgan fingerprint density at radius 3 is 2.85 bits per heavy atom. The second kappa shape index (κ2) is 5.70. The summed E-state index contributed by atoms with van der Waals surface area (Å²) in [6.07, 6.45) is 6.11. The van der Waals surface area contributed by atoms with Gasteiger partial charge in [0.15, 0.2) is 0 Å². The summed E-state index contributed by atoms with van der Waals surface area (Å²) in [5, 5.41) is 10.5. The average molecular weight is 277 g/mol. The smallest absolute Gasteiger partial charge is 0.251 e. The van der Waals surface area contributed by atoms with E-state index >= 15 is 0 Å². The molecule has 3 heterocycles. The molecule has 0 spiro atoms. The fourth-order valence-electron chi connectivity index (χ4n) is 2.79. The van der Waals surface area contributed by atoms with Gasteiger partial charge in [0, 0.05) is 25.6 Å². The standard InChI is InChI=1S/C13H19N5O2/c19-12-4-3-11(13(20)14-12)18-9-10(15-16-18)5-8-17-6-1-2-7-17/h9,11H,1-8H2,(H,14,19,20). The highest BCUT2D eigenvalue weighted by Crippen LogP contribution is 2.17. The van der Waals surface area contributed by atoms with Crippen molar-refractivity contribution in [1.29, 1.82) is 0 Å². The molecule has 2 fully saturated rings. The van der Waals surface area contributed by atoms with E-state index < -0.39 is 6.04 Å². The Morgan fingerprint density at radius 1 is 1.30 bits per heavy atom. The molecule has 108 valence electrons. The normalized spacial score (nSPS) is 24.1. The minimum atomic E-state index is -0.402. The Morgan fingerprint density at radius 2 is 2.10 bits per heavy atom. The van der Waals surface area contributed by atoms with Gasteiger partial charge in [-0.2, -0.15) is 0 Å². The molecule has 1 N–H and O–H groups in total. The van der Waals surface area contributed by atoms with Crippen molar-refractivity contribution in [1.82, 2.24) is 25.2 Å². The van der Waals surface area contributed by atoms with Crippen molar-refractivity contribution in [3.63, 3.8) is 0 Å². The molecule has 0 bridgehead atoms. The maximum absolute atomic E-state index is 11.8. The van der Waals surface area contributed by atoms with E-state index in [9.17, 15) is 9.59 Å². The predicted molar refractivity (Wildman–Crippen MR) is 70.8 cm³/mol. The molecule has 1 unspecified atom stereocenters. The Kier molecular flexibility index (Phi) is 3.77. The largest absolute Gasteiger partial charge is 0.303 e. The van der Waals surface area contributed by atoms with Crippen LogP contribution in [0.3, 0.4) is 0 Å². The maximum atomic E-state index is 11.8. The van der Waals surface area contributed by atoms with E-state index in [4.69, 9.17) is 0 Å². The number of likely N-dealkylation sites (tertiary alicyclic amines) is 1. The van der Waals surface area contributed by atoms with Gasteiger partial charge in [0.1, 0.15) is 6.04 Å². The van der Waals surface area contributed by atoms with Crippen LogP contribution in [0.4, 0.5) is 0 Å². The van der Waals surface area contributed by atoms with Crippen LogP contribution in [0, 0.1) is 0 Å². The molecular formula is C13H19N5O2. The van der Waals surface area contributed by atoms with E-state index in [1.807, 2.05) is 6.20 Å². The molecule has 1 aromatic rings. The average Bonchev–Trinajstić information content (AvgIpc) is 3.07. The maximum Gasteiger partial charge on any atom is 0.251 e. The number of carbonyl (C=O) groups is 2. The molecule has 2 aliphatic heterocycles. The van der Waals surface area contributed by atoms with Gasteiger partial charge in [0.2, 0.25) is 5.91 Å². The summed E-state index contributed by atoms with van der Waals surface area (Å²) >= 11 is 0. The third-order valence-corrected chi connectivity index (χ3v) is 3.97. The Bertz CT molecular complexity index is 507. The van der Waals surface area contributed by atoms with Crippen molar-refractivity contribution in [2.45, 2.75) is 38.1 Å². The van der Waals surface area contributed by atoms with Crippen molar-refractivity contribution >= 4 is 11.8 Å². The van der Waals surface area contributed by atoms with Crippen molar-refractivity contribution < 1.29 is 9.59 Å². The predicted octanol–water partition coefficient (Wildman–Crippen LogP) is -0.106.